The van der Waals surface area contributed by atoms with Crippen LogP contribution in [0.3, 0.4) is 0 Å². The number of aromatic amines is 1. The van der Waals surface area contributed by atoms with Crippen LogP contribution in [0.5, 0.6) is 5.75 Å². The Morgan fingerprint density at radius 3 is 2.51 bits per heavy atom. The molecule has 0 radical (unpaired) electrons. The summed E-state index contributed by atoms with van der Waals surface area (Å²) in [6, 6.07) is 17.2. The first-order valence-corrected chi connectivity index (χ1v) is 14.6. The van der Waals surface area contributed by atoms with Crippen LogP contribution in [0.2, 0.25) is 0 Å². The van der Waals surface area contributed by atoms with E-state index in [9.17, 15) is 19.3 Å². The molecule has 2 aromatic carbocycles. The lowest BCUT2D eigenvalue weighted by Gasteiger charge is -2.31. The number of para-hydroxylation sites is 1. The number of aromatic nitrogens is 2. The maximum Gasteiger partial charge on any atom is 0.459 e. The number of rotatable bonds is 12. The van der Waals surface area contributed by atoms with Gasteiger partial charge in [-0.05, 0) is 51.0 Å². The van der Waals surface area contributed by atoms with Crippen molar-refractivity contribution in [3.8, 4) is 5.75 Å². The van der Waals surface area contributed by atoms with E-state index in [-0.39, 0.29) is 12.4 Å². The van der Waals surface area contributed by atoms with Crippen LogP contribution in [0.1, 0.15) is 38.1 Å². The molecule has 0 saturated carbocycles. The van der Waals surface area contributed by atoms with Gasteiger partial charge in [0.15, 0.2) is 11.9 Å². The first-order chi connectivity index (χ1) is 19.3. The second-order valence-corrected chi connectivity index (χ2v) is 12.4. The minimum Gasteiger partial charge on any atom is -0.413 e. The molecule has 1 aromatic heterocycles. The summed E-state index contributed by atoms with van der Waals surface area (Å²) in [4.78, 5) is 25.7. The number of nitrogens with one attached hydrogen (secondary N) is 2. The summed E-state index contributed by atoms with van der Waals surface area (Å²) < 4.78 is 53.5. The molecule has 3 aromatic rings. The third-order valence-corrected chi connectivity index (χ3v) is 8.44. The average Bonchev–Trinajstić information content (AvgIpc) is 3.12. The summed E-state index contributed by atoms with van der Waals surface area (Å²) in [5.74, 6) is 0.251. The number of aliphatic hydroxyl groups excluding tert-OH is 1. The fourth-order valence-corrected chi connectivity index (χ4v) is 6.14. The van der Waals surface area contributed by atoms with Crippen LogP contribution in [0, 0.1) is 6.92 Å². The lowest BCUT2D eigenvalue weighted by molar-refractivity contribution is -0.0595. The topological polar surface area (TPSA) is 141 Å². The number of alkyl halides is 1. The lowest BCUT2D eigenvalue weighted by atomic mass is 9.98. The molecule has 11 nitrogen and oxygen atoms in total. The van der Waals surface area contributed by atoms with Gasteiger partial charge in [0.25, 0.3) is 5.56 Å². The summed E-state index contributed by atoms with van der Waals surface area (Å²) in [5.41, 5.74) is -2.84. The summed E-state index contributed by atoms with van der Waals surface area (Å²) in [7, 11) is -4.17. The van der Waals surface area contributed by atoms with E-state index in [1.54, 1.807) is 44.2 Å². The van der Waals surface area contributed by atoms with Gasteiger partial charge >= 0.3 is 13.4 Å². The third-order valence-electron chi connectivity index (χ3n) is 6.62. The molecular formula is C28H35FN3O8P. The number of hydrogen-bond donors (Lipinski definition) is 3. The Kier molecular flexibility index (Phi) is 9.32. The number of aryl methyl sites for hydroxylation is 1. The van der Waals surface area contributed by atoms with Gasteiger partial charge in [-0.15, -0.1) is 0 Å². The highest BCUT2D eigenvalue weighted by atomic mass is 31.2. The average molecular weight is 592 g/mol. The number of hydrogen-bond acceptors (Lipinski definition) is 8. The Morgan fingerprint density at radius 1 is 1.15 bits per heavy atom. The maximum atomic E-state index is 15.6. The maximum absolute atomic E-state index is 15.6. The van der Waals surface area contributed by atoms with Crippen molar-refractivity contribution in [1.82, 2.24) is 14.6 Å². The van der Waals surface area contributed by atoms with Crippen molar-refractivity contribution < 1.29 is 32.6 Å². The Hall–Kier alpha value is -3.12. The van der Waals surface area contributed by atoms with Gasteiger partial charge in [-0.1, -0.05) is 42.5 Å². The van der Waals surface area contributed by atoms with Crippen LogP contribution >= 0.6 is 7.75 Å². The van der Waals surface area contributed by atoms with E-state index in [4.69, 9.17) is 18.5 Å². The molecule has 2 unspecified atom stereocenters. The first kappa shape index (κ1) is 30.8. The van der Waals surface area contributed by atoms with Crippen LogP contribution < -0.4 is 20.9 Å². The molecule has 41 heavy (non-hydrogen) atoms. The normalized spacial score (nSPS) is 24.2. The fraction of sp³-hybridized carbons (Fsp3) is 0.429. The molecule has 1 fully saturated rings. The number of H-pyrrole nitrogens is 1. The summed E-state index contributed by atoms with van der Waals surface area (Å²) in [6.45, 7) is 6.48. The number of nitrogens with zero attached hydrogens (tertiary/aromatic N) is 1. The molecule has 2 heterocycles. The van der Waals surface area contributed by atoms with Gasteiger partial charge in [-0.2, -0.15) is 0 Å². The van der Waals surface area contributed by atoms with Gasteiger partial charge in [0, 0.05) is 17.8 Å². The number of halogens is 1. The quantitative estimate of drug-likeness (QED) is 0.269. The molecule has 0 aliphatic carbocycles. The van der Waals surface area contributed by atoms with E-state index in [0.29, 0.717) is 6.61 Å². The van der Waals surface area contributed by atoms with Gasteiger partial charge in [0.05, 0.1) is 19.8 Å². The highest BCUT2D eigenvalue weighted by Gasteiger charge is 2.56. The van der Waals surface area contributed by atoms with Gasteiger partial charge in [0.2, 0.25) is 0 Å². The van der Waals surface area contributed by atoms with E-state index in [2.05, 4.69) is 5.09 Å². The predicted octanol–water partition coefficient (Wildman–Crippen LogP) is 3.62. The van der Waals surface area contributed by atoms with Crippen molar-refractivity contribution in [2.24, 2.45) is 0 Å². The van der Waals surface area contributed by atoms with Crippen molar-refractivity contribution in [2.75, 3.05) is 13.2 Å². The molecule has 222 valence electrons. The second-order valence-electron chi connectivity index (χ2n) is 10.8. The van der Waals surface area contributed by atoms with Gasteiger partial charge in [-0.3, -0.25) is 18.9 Å². The van der Waals surface area contributed by atoms with Gasteiger partial charge in [0.1, 0.15) is 18.0 Å². The highest BCUT2D eigenvalue weighted by molar-refractivity contribution is 7.52. The molecule has 0 spiro atoms. The number of ether oxygens (including phenoxy) is 2. The molecule has 1 aliphatic heterocycles. The fourth-order valence-electron chi connectivity index (χ4n) is 4.43. The van der Waals surface area contributed by atoms with E-state index < -0.39 is 55.2 Å². The molecule has 5 atom stereocenters. The van der Waals surface area contributed by atoms with E-state index in [1.165, 1.54) is 0 Å². The van der Waals surface area contributed by atoms with Crippen molar-refractivity contribution in [2.45, 2.75) is 63.9 Å². The molecule has 3 N–H and O–H groups in total. The number of benzene rings is 2. The molecule has 1 aliphatic rings. The Labute approximate surface area is 236 Å². The van der Waals surface area contributed by atoms with Crippen molar-refractivity contribution in [3.63, 3.8) is 0 Å². The molecule has 4 rings (SSSR count). The molecule has 0 bridgehead atoms. The van der Waals surface area contributed by atoms with Crippen LogP contribution in [-0.4, -0.2) is 51.3 Å². The molecule has 13 heteroatoms. The summed E-state index contributed by atoms with van der Waals surface area (Å²) >= 11 is 0. The van der Waals surface area contributed by atoms with E-state index in [1.807, 2.05) is 36.2 Å². The van der Waals surface area contributed by atoms with Crippen molar-refractivity contribution in [1.29, 1.82) is 0 Å². The molecule has 0 amide bonds. The summed E-state index contributed by atoms with van der Waals surface area (Å²) in [6.07, 6.45) is -3.60. The second kappa shape index (κ2) is 12.4. The monoisotopic (exact) mass is 591 g/mol. The SMILES string of the molecule is Cc1ccccc1COCC(C)(C)NP(=O)(OCC1O[C@@H](n2ccc(=O)[nH]c2=O)[C@](C)(F)[C@@H]1O)Oc1ccccc1. The highest BCUT2D eigenvalue weighted by Crippen LogP contribution is 2.48. The number of aliphatic hydroxyl groups is 1. The van der Waals surface area contributed by atoms with Gasteiger partial charge < -0.3 is 19.1 Å². The van der Waals surface area contributed by atoms with Gasteiger partial charge in [-0.25, -0.2) is 18.8 Å². The predicted molar refractivity (Wildman–Crippen MR) is 149 cm³/mol. The van der Waals surface area contributed by atoms with Crippen molar-refractivity contribution >= 4 is 7.75 Å². The summed E-state index contributed by atoms with van der Waals surface area (Å²) in [5, 5.41) is 13.6. The van der Waals surface area contributed by atoms with Crippen LogP contribution in [0.25, 0.3) is 0 Å². The first-order valence-electron chi connectivity index (χ1n) is 13.0. The minimum atomic E-state index is -4.17. The van der Waals surface area contributed by atoms with Crippen LogP contribution in [0.4, 0.5) is 4.39 Å². The van der Waals surface area contributed by atoms with Crippen molar-refractivity contribution in [3.05, 3.63) is 98.8 Å². The zero-order chi connectivity index (χ0) is 29.8. The van der Waals surface area contributed by atoms with E-state index >= 15 is 4.39 Å². The third kappa shape index (κ3) is 7.59. The zero-order valence-corrected chi connectivity index (χ0v) is 24.2. The molecule has 1 saturated heterocycles. The standard InChI is InChI=1S/C28H35FN3O8P/c1-19-10-8-9-11-20(19)16-37-18-27(2,3)31-41(36,40-21-12-6-5-7-13-21)38-17-22-24(34)28(4,29)25(39-22)32-15-14-23(33)30-26(32)35/h5-15,22,24-25,34H,16-18H2,1-4H3,(H,31,36)(H,30,33,35)/t22?,24-,25-,28-,41?/m1/s1. The Balaban J connectivity index is 1.48. The Morgan fingerprint density at radius 2 is 1.83 bits per heavy atom. The lowest BCUT2D eigenvalue weighted by Crippen LogP contribution is -2.44. The Bertz CT molecular complexity index is 1490. The molecular weight excluding hydrogens is 556 g/mol. The minimum absolute atomic E-state index is 0.134. The smallest absolute Gasteiger partial charge is 0.413 e. The zero-order valence-electron chi connectivity index (χ0n) is 23.3. The van der Waals surface area contributed by atoms with E-state index in [0.717, 1.165) is 34.9 Å². The largest absolute Gasteiger partial charge is 0.459 e. The van der Waals surface area contributed by atoms with Crippen LogP contribution in [-0.2, 0) is 25.2 Å². The van der Waals surface area contributed by atoms with Crippen LogP contribution in [0.15, 0.2) is 76.4 Å².